The van der Waals surface area contributed by atoms with Crippen LogP contribution in [0.4, 0.5) is 0 Å². The Hall–Kier alpha value is -5.35. The molecule has 8 rings (SSSR count). The molecule has 0 atom stereocenters. The Bertz CT molecular complexity index is 2210. The summed E-state index contributed by atoms with van der Waals surface area (Å²) in [6, 6.07) is 41.0. The fourth-order valence-corrected chi connectivity index (χ4v) is 6.31. The third-order valence-electron chi connectivity index (χ3n) is 8.17. The highest BCUT2D eigenvalue weighted by Gasteiger charge is 2.20. The van der Waals surface area contributed by atoms with Crippen molar-refractivity contribution in [2.45, 2.75) is 13.8 Å². The van der Waals surface area contributed by atoms with E-state index in [0.717, 1.165) is 39.3 Å². The number of rotatable bonds is 4. The highest BCUT2D eigenvalue weighted by molar-refractivity contribution is 6.09. The number of hydrogen-bond acceptors (Lipinski definition) is 1. The normalized spacial score (nSPS) is 12.0. The zero-order valence-electron chi connectivity index (χ0n) is 23.0. The van der Waals surface area contributed by atoms with Crippen molar-refractivity contribution in [3.63, 3.8) is 0 Å². The number of fused-ring (bicyclic) bond motifs is 6. The van der Waals surface area contributed by atoms with E-state index in [-0.39, 0.29) is 0 Å². The molecule has 0 saturated carbocycles. The van der Waals surface area contributed by atoms with Gasteiger partial charge in [0.2, 0.25) is 0 Å². The van der Waals surface area contributed by atoms with Crippen LogP contribution in [-0.2, 0) is 0 Å². The first kappa shape index (κ1) is 23.5. The summed E-state index contributed by atoms with van der Waals surface area (Å²) in [4.78, 5) is 5.07. The quantitative estimate of drug-likeness (QED) is 0.224. The van der Waals surface area contributed by atoms with Gasteiger partial charge in [0, 0.05) is 39.6 Å². The molecule has 0 fully saturated rings. The van der Waals surface area contributed by atoms with Crippen LogP contribution in [0, 0.1) is 6.92 Å². The SMILES string of the molecule is C/C=C\c1c(C)n(-c2ccccc2)c2c1nc1ccc(-c3ccc(-n4c5ccccc5c5ccccc54)cc3)cn12. The third kappa shape index (κ3) is 3.51. The molecule has 41 heavy (non-hydrogen) atoms. The maximum absolute atomic E-state index is 5.07. The number of pyridine rings is 1. The van der Waals surface area contributed by atoms with Crippen LogP contribution in [0.3, 0.4) is 0 Å². The highest BCUT2D eigenvalue weighted by atomic mass is 15.2. The van der Waals surface area contributed by atoms with Gasteiger partial charge in [0.05, 0.1) is 11.0 Å². The molecule has 4 nitrogen and oxygen atoms in total. The van der Waals surface area contributed by atoms with Crippen LogP contribution >= 0.6 is 0 Å². The molecule has 4 aromatic heterocycles. The zero-order valence-corrected chi connectivity index (χ0v) is 23.0. The summed E-state index contributed by atoms with van der Waals surface area (Å²) in [6.45, 7) is 4.23. The van der Waals surface area contributed by atoms with E-state index in [1.165, 1.54) is 33.1 Å². The molecular weight excluding hydrogens is 500 g/mol. The Morgan fingerprint density at radius 2 is 1.22 bits per heavy atom. The number of benzene rings is 4. The van der Waals surface area contributed by atoms with Gasteiger partial charge in [-0.15, -0.1) is 0 Å². The Balaban J connectivity index is 1.29. The lowest BCUT2D eigenvalue weighted by atomic mass is 10.1. The molecule has 0 spiro atoms. The van der Waals surface area contributed by atoms with Gasteiger partial charge in [0.1, 0.15) is 16.8 Å². The van der Waals surface area contributed by atoms with Crippen LogP contribution in [0.5, 0.6) is 0 Å². The van der Waals surface area contributed by atoms with Crippen molar-refractivity contribution in [3.05, 3.63) is 139 Å². The van der Waals surface area contributed by atoms with Crippen molar-refractivity contribution in [3.8, 4) is 22.5 Å². The number of para-hydroxylation sites is 3. The molecule has 0 amide bonds. The molecule has 0 unspecified atom stereocenters. The minimum Gasteiger partial charge on any atom is -0.309 e. The second kappa shape index (κ2) is 9.10. The van der Waals surface area contributed by atoms with Crippen molar-refractivity contribution >= 4 is 44.7 Å². The van der Waals surface area contributed by atoms with Crippen LogP contribution in [0.15, 0.2) is 128 Å². The van der Waals surface area contributed by atoms with Crippen LogP contribution in [0.1, 0.15) is 18.2 Å². The van der Waals surface area contributed by atoms with E-state index in [9.17, 15) is 0 Å². The van der Waals surface area contributed by atoms with E-state index >= 15 is 0 Å². The number of hydrogen-bond donors (Lipinski definition) is 0. The molecule has 4 heteroatoms. The predicted molar refractivity (Wildman–Crippen MR) is 171 cm³/mol. The van der Waals surface area contributed by atoms with E-state index in [2.05, 4.69) is 161 Å². The standard InChI is InChI=1S/C37H28N4/c1-3-11-30-25(2)40(28-12-5-4-6-13-28)37-36(30)38-35-23-20-27(24-39(35)37)26-18-21-29(22-19-26)41-33-16-9-7-14-31(33)32-15-8-10-17-34(32)41/h3-24H,1-2H3/b11-3-. The highest BCUT2D eigenvalue weighted by Crippen LogP contribution is 2.34. The zero-order chi connectivity index (χ0) is 27.5. The fourth-order valence-electron chi connectivity index (χ4n) is 6.31. The summed E-state index contributed by atoms with van der Waals surface area (Å²) >= 11 is 0. The van der Waals surface area contributed by atoms with Crippen LogP contribution < -0.4 is 0 Å². The van der Waals surface area contributed by atoms with Crippen molar-refractivity contribution in [2.24, 2.45) is 0 Å². The van der Waals surface area contributed by atoms with Crippen molar-refractivity contribution in [2.75, 3.05) is 0 Å². The van der Waals surface area contributed by atoms with Gasteiger partial charge in [-0.2, -0.15) is 0 Å². The van der Waals surface area contributed by atoms with Gasteiger partial charge in [-0.05, 0) is 73.5 Å². The molecule has 8 aromatic rings. The Kier molecular flexibility index (Phi) is 5.22. The third-order valence-corrected chi connectivity index (χ3v) is 8.17. The molecule has 4 aromatic carbocycles. The first-order valence-electron chi connectivity index (χ1n) is 14.0. The predicted octanol–water partition coefficient (Wildman–Crippen LogP) is 9.38. The van der Waals surface area contributed by atoms with Gasteiger partial charge in [-0.3, -0.25) is 8.97 Å². The maximum Gasteiger partial charge on any atom is 0.150 e. The molecule has 0 bridgehead atoms. The summed E-state index contributed by atoms with van der Waals surface area (Å²) in [5.74, 6) is 0. The van der Waals surface area contributed by atoms with Gasteiger partial charge in [0.15, 0.2) is 0 Å². The van der Waals surface area contributed by atoms with Crippen LogP contribution in [0.2, 0.25) is 0 Å². The Morgan fingerprint density at radius 3 is 1.90 bits per heavy atom. The summed E-state index contributed by atoms with van der Waals surface area (Å²) in [7, 11) is 0. The molecule has 0 N–H and O–H groups in total. The van der Waals surface area contributed by atoms with E-state index in [0.29, 0.717) is 0 Å². The Labute approximate surface area is 238 Å². The van der Waals surface area contributed by atoms with Gasteiger partial charge >= 0.3 is 0 Å². The van der Waals surface area contributed by atoms with Crippen molar-refractivity contribution in [1.29, 1.82) is 0 Å². The first-order valence-corrected chi connectivity index (χ1v) is 14.0. The number of aromatic nitrogens is 4. The molecular formula is C37H28N4. The molecule has 0 radical (unpaired) electrons. The smallest absolute Gasteiger partial charge is 0.150 e. The summed E-state index contributed by atoms with van der Waals surface area (Å²) in [5.41, 5.74) is 12.4. The van der Waals surface area contributed by atoms with Crippen LogP contribution in [0.25, 0.3) is 67.2 Å². The minimum absolute atomic E-state index is 0.941. The van der Waals surface area contributed by atoms with Gasteiger partial charge in [0.25, 0.3) is 0 Å². The maximum atomic E-state index is 5.07. The van der Waals surface area contributed by atoms with E-state index in [1.54, 1.807) is 0 Å². The summed E-state index contributed by atoms with van der Waals surface area (Å²) in [5, 5.41) is 2.55. The number of imidazole rings is 1. The summed E-state index contributed by atoms with van der Waals surface area (Å²) < 4.78 is 6.91. The molecule has 0 aliphatic heterocycles. The fraction of sp³-hybridized carbons (Fsp3) is 0.0541. The van der Waals surface area contributed by atoms with Crippen molar-refractivity contribution < 1.29 is 0 Å². The molecule has 0 aliphatic carbocycles. The molecule has 0 saturated heterocycles. The Morgan fingerprint density at radius 1 is 0.610 bits per heavy atom. The average Bonchev–Trinajstić information content (AvgIpc) is 3.64. The van der Waals surface area contributed by atoms with Gasteiger partial charge in [-0.25, -0.2) is 4.98 Å². The second-order valence-corrected chi connectivity index (χ2v) is 10.5. The van der Waals surface area contributed by atoms with Gasteiger partial charge < -0.3 is 4.57 Å². The average molecular weight is 529 g/mol. The molecule has 196 valence electrons. The van der Waals surface area contributed by atoms with E-state index in [1.807, 2.05) is 0 Å². The monoisotopic (exact) mass is 528 g/mol. The lowest BCUT2D eigenvalue weighted by Crippen LogP contribution is -2.00. The summed E-state index contributed by atoms with van der Waals surface area (Å²) in [6.07, 6.45) is 6.47. The molecule has 4 heterocycles. The minimum atomic E-state index is 0.941. The largest absolute Gasteiger partial charge is 0.309 e. The lowest BCUT2D eigenvalue weighted by molar-refractivity contribution is 1.01. The van der Waals surface area contributed by atoms with Gasteiger partial charge in [-0.1, -0.05) is 78.9 Å². The number of nitrogens with zero attached hydrogens (tertiary/aromatic N) is 4. The molecule has 0 aliphatic rings. The van der Waals surface area contributed by atoms with E-state index in [4.69, 9.17) is 4.98 Å². The topological polar surface area (TPSA) is 27.2 Å². The lowest BCUT2D eigenvalue weighted by Gasteiger charge is -2.11. The number of allylic oxidation sites excluding steroid dienone is 1. The van der Waals surface area contributed by atoms with Crippen molar-refractivity contribution in [1.82, 2.24) is 18.5 Å². The second-order valence-electron chi connectivity index (χ2n) is 10.5. The van der Waals surface area contributed by atoms with Crippen LogP contribution in [-0.4, -0.2) is 18.5 Å². The van der Waals surface area contributed by atoms with E-state index < -0.39 is 0 Å². The first-order chi connectivity index (χ1) is 20.2.